The average Bonchev–Trinajstić information content (AvgIpc) is 2.77. The fourth-order valence-corrected chi connectivity index (χ4v) is 1.92. The Hall–Kier alpha value is -2.81. The molecule has 2 rings (SSSR count). The molecule has 0 saturated carbocycles. The molecule has 20 heavy (non-hydrogen) atoms. The van der Waals surface area contributed by atoms with Crippen LogP contribution in [0.4, 0.5) is 10.1 Å². The molecule has 0 aliphatic rings. The van der Waals surface area contributed by atoms with Crippen molar-refractivity contribution < 1.29 is 13.9 Å². The van der Waals surface area contributed by atoms with Gasteiger partial charge in [-0.25, -0.2) is 9.18 Å². The number of nitrogens with zero attached hydrogens (tertiary/aromatic N) is 2. The monoisotopic (exact) mass is 273 g/mol. The standard InChI is InChI=1S/C14H12FN3O2/c1-8-4-3-5-10(11(8)15)18-7-9(6-16)12(17)13(18)14(19)20-2/h3-5,7H,17H2,1-2H3. The van der Waals surface area contributed by atoms with E-state index in [1.807, 2.05) is 6.07 Å². The maximum absolute atomic E-state index is 14.2. The third kappa shape index (κ3) is 1.99. The number of esters is 1. The van der Waals surface area contributed by atoms with Crippen LogP contribution in [0.25, 0.3) is 5.69 Å². The van der Waals surface area contributed by atoms with Crippen molar-refractivity contribution in [1.82, 2.24) is 4.57 Å². The Labute approximate surface area is 115 Å². The van der Waals surface area contributed by atoms with Gasteiger partial charge in [-0.15, -0.1) is 0 Å². The summed E-state index contributed by atoms with van der Waals surface area (Å²) in [6.45, 7) is 1.61. The summed E-state index contributed by atoms with van der Waals surface area (Å²) in [4.78, 5) is 11.8. The Morgan fingerprint density at radius 3 is 2.80 bits per heavy atom. The van der Waals surface area contributed by atoms with E-state index in [-0.39, 0.29) is 22.6 Å². The van der Waals surface area contributed by atoms with Crippen LogP contribution in [-0.4, -0.2) is 17.6 Å². The highest BCUT2D eigenvalue weighted by atomic mass is 19.1. The number of nitrogen functional groups attached to an aromatic ring is 1. The Morgan fingerprint density at radius 1 is 1.50 bits per heavy atom. The van der Waals surface area contributed by atoms with Gasteiger partial charge in [0.05, 0.1) is 24.0 Å². The minimum Gasteiger partial charge on any atom is -0.464 e. The molecule has 0 amide bonds. The van der Waals surface area contributed by atoms with E-state index in [4.69, 9.17) is 11.0 Å². The van der Waals surface area contributed by atoms with Crippen molar-refractivity contribution in [2.75, 3.05) is 12.8 Å². The van der Waals surface area contributed by atoms with E-state index in [0.717, 1.165) is 0 Å². The molecular formula is C14H12FN3O2. The molecule has 0 aliphatic heterocycles. The Morgan fingerprint density at radius 2 is 2.20 bits per heavy atom. The number of aromatic nitrogens is 1. The number of aryl methyl sites for hydroxylation is 1. The summed E-state index contributed by atoms with van der Waals surface area (Å²) in [7, 11) is 1.19. The highest BCUT2D eigenvalue weighted by Gasteiger charge is 2.23. The predicted octanol–water partition coefficient (Wildman–Crippen LogP) is 2.17. The summed E-state index contributed by atoms with van der Waals surface area (Å²) in [5.41, 5.74) is 6.31. The van der Waals surface area contributed by atoms with Crippen LogP contribution in [0.5, 0.6) is 0 Å². The van der Waals surface area contributed by atoms with E-state index >= 15 is 0 Å². The van der Waals surface area contributed by atoms with Gasteiger partial charge >= 0.3 is 5.97 Å². The van der Waals surface area contributed by atoms with Crippen LogP contribution in [0.3, 0.4) is 0 Å². The molecule has 0 spiro atoms. The van der Waals surface area contributed by atoms with E-state index in [1.54, 1.807) is 19.1 Å². The lowest BCUT2D eigenvalue weighted by molar-refractivity contribution is 0.0593. The number of rotatable bonds is 2. The number of halogens is 1. The molecule has 0 bridgehead atoms. The summed E-state index contributed by atoms with van der Waals surface area (Å²) in [6.07, 6.45) is 1.32. The number of methoxy groups -OCH3 is 1. The number of benzene rings is 1. The smallest absolute Gasteiger partial charge is 0.357 e. The highest BCUT2D eigenvalue weighted by molar-refractivity contribution is 5.95. The first kappa shape index (κ1) is 13.6. The zero-order valence-electron chi connectivity index (χ0n) is 11.0. The summed E-state index contributed by atoms with van der Waals surface area (Å²) >= 11 is 0. The maximum atomic E-state index is 14.2. The van der Waals surface area contributed by atoms with E-state index in [1.165, 1.54) is 23.9 Å². The van der Waals surface area contributed by atoms with E-state index in [9.17, 15) is 9.18 Å². The fraction of sp³-hybridized carbons (Fsp3) is 0.143. The molecule has 0 saturated heterocycles. The van der Waals surface area contributed by atoms with E-state index < -0.39 is 11.8 Å². The zero-order chi connectivity index (χ0) is 14.9. The molecule has 102 valence electrons. The molecule has 5 nitrogen and oxygen atoms in total. The van der Waals surface area contributed by atoms with Crippen LogP contribution in [0.1, 0.15) is 21.6 Å². The molecule has 1 heterocycles. The number of ether oxygens (including phenoxy) is 1. The maximum Gasteiger partial charge on any atom is 0.357 e. The van der Waals surface area contributed by atoms with Gasteiger partial charge in [0.2, 0.25) is 0 Å². The Bertz CT molecular complexity index is 729. The van der Waals surface area contributed by atoms with Crippen molar-refractivity contribution >= 4 is 11.7 Å². The van der Waals surface area contributed by atoms with Gasteiger partial charge in [-0.1, -0.05) is 12.1 Å². The minimum absolute atomic E-state index is 0.0275. The summed E-state index contributed by atoms with van der Waals surface area (Å²) in [5.74, 6) is -1.22. The number of anilines is 1. The molecule has 6 heteroatoms. The topological polar surface area (TPSA) is 81.0 Å². The molecule has 0 atom stereocenters. The molecule has 0 fully saturated rings. The lowest BCUT2D eigenvalue weighted by Crippen LogP contribution is -2.12. The number of nitriles is 1. The lowest BCUT2D eigenvalue weighted by atomic mass is 10.2. The molecule has 0 unspecified atom stereocenters. The van der Waals surface area contributed by atoms with Gasteiger partial charge in [0.1, 0.15) is 11.9 Å². The van der Waals surface area contributed by atoms with Gasteiger partial charge in [-0.2, -0.15) is 5.26 Å². The number of carbonyl (C=O) groups is 1. The van der Waals surface area contributed by atoms with Crippen molar-refractivity contribution in [2.45, 2.75) is 6.92 Å². The molecule has 2 aromatic rings. The first-order chi connectivity index (χ1) is 9.51. The number of nitrogens with two attached hydrogens (primary N) is 1. The second-order valence-electron chi connectivity index (χ2n) is 4.19. The number of carbonyl (C=O) groups excluding carboxylic acids is 1. The summed E-state index contributed by atoms with van der Waals surface area (Å²) in [6, 6.07) is 6.61. The Balaban J connectivity index is 2.77. The van der Waals surface area contributed by atoms with Crippen molar-refractivity contribution in [3.63, 3.8) is 0 Å². The van der Waals surface area contributed by atoms with Crippen molar-refractivity contribution in [3.05, 3.63) is 47.0 Å². The molecule has 0 radical (unpaired) electrons. The van der Waals surface area contributed by atoms with Crippen molar-refractivity contribution in [1.29, 1.82) is 5.26 Å². The SMILES string of the molecule is COC(=O)c1c(N)c(C#N)cn1-c1cccc(C)c1F. The van der Waals surface area contributed by atoms with Gasteiger partial charge in [0, 0.05) is 6.20 Å². The third-order valence-corrected chi connectivity index (χ3v) is 2.97. The van der Waals surface area contributed by atoms with E-state index in [2.05, 4.69) is 4.74 Å². The fourth-order valence-electron chi connectivity index (χ4n) is 1.92. The van der Waals surface area contributed by atoms with Gasteiger partial charge in [0.25, 0.3) is 0 Å². The first-order valence-corrected chi connectivity index (χ1v) is 5.76. The quantitative estimate of drug-likeness (QED) is 0.850. The van der Waals surface area contributed by atoms with Gasteiger partial charge < -0.3 is 15.0 Å². The second kappa shape index (κ2) is 5.05. The molecule has 0 aliphatic carbocycles. The number of hydrogen-bond acceptors (Lipinski definition) is 4. The first-order valence-electron chi connectivity index (χ1n) is 5.76. The highest BCUT2D eigenvalue weighted by Crippen LogP contribution is 2.26. The zero-order valence-corrected chi connectivity index (χ0v) is 11.0. The summed E-state index contributed by atoms with van der Waals surface area (Å²) in [5, 5.41) is 8.99. The van der Waals surface area contributed by atoms with Gasteiger partial charge in [-0.3, -0.25) is 0 Å². The van der Waals surface area contributed by atoms with Gasteiger partial charge in [0.15, 0.2) is 5.69 Å². The van der Waals surface area contributed by atoms with Crippen LogP contribution in [0.2, 0.25) is 0 Å². The van der Waals surface area contributed by atoms with Gasteiger partial charge in [-0.05, 0) is 18.6 Å². The lowest BCUT2D eigenvalue weighted by Gasteiger charge is -2.10. The molecule has 1 aromatic heterocycles. The van der Waals surface area contributed by atoms with Crippen molar-refractivity contribution in [3.8, 4) is 11.8 Å². The van der Waals surface area contributed by atoms with Crippen LogP contribution >= 0.6 is 0 Å². The summed E-state index contributed by atoms with van der Waals surface area (Å²) < 4.78 is 20.1. The van der Waals surface area contributed by atoms with Crippen LogP contribution in [-0.2, 0) is 4.74 Å². The van der Waals surface area contributed by atoms with E-state index in [0.29, 0.717) is 5.56 Å². The average molecular weight is 273 g/mol. The predicted molar refractivity (Wildman–Crippen MR) is 70.9 cm³/mol. The largest absolute Gasteiger partial charge is 0.464 e. The minimum atomic E-state index is -0.732. The van der Waals surface area contributed by atoms with Crippen molar-refractivity contribution in [2.24, 2.45) is 0 Å². The second-order valence-corrected chi connectivity index (χ2v) is 4.19. The van der Waals surface area contributed by atoms with Crippen LogP contribution in [0, 0.1) is 24.1 Å². The number of hydrogen-bond donors (Lipinski definition) is 1. The normalized spacial score (nSPS) is 10.1. The third-order valence-electron chi connectivity index (χ3n) is 2.97. The Kier molecular flexibility index (Phi) is 3.44. The molecule has 2 N–H and O–H groups in total. The molecule has 1 aromatic carbocycles. The van der Waals surface area contributed by atoms with Crippen LogP contribution < -0.4 is 5.73 Å². The molecular weight excluding hydrogens is 261 g/mol. The van der Waals surface area contributed by atoms with Crippen LogP contribution in [0.15, 0.2) is 24.4 Å².